The predicted octanol–water partition coefficient (Wildman–Crippen LogP) is 4.53. The molecular formula is C16H30O. The summed E-state index contributed by atoms with van der Waals surface area (Å²) in [6, 6.07) is 0. The van der Waals surface area contributed by atoms with Gasteiger partial charge in [0.1, 0.15) is 0 Å². The molecule has 2 atom stereocenters. The van der Waals surface area contributed by atoms with Gasteiger partial charge in [-0.25, -0.2) is 0 Å². The molecule has 2 saturated carbocycles. The lowest BCUT2D eigenvalue weighted by atomic mass is 9.57. The second-order valence-corrected chi connectivity index (χ2v) is 7.42. The minimum atomic E-state index is -0.409. The average Bonchev–Trinajstić information content (AvgIpc) is 2.29. The number of rotatable bonds is 1. The summed E-state index contributed by atoms with van der Waals surface area (Å²) in [4.78, 5) is 0. The molecule has 1 heteroatoms. The standard InChI is InChI=1S/C16H30O/c1-15(2,3)16(17)12-8-7-11-14(16)13-9-5-4-6-10-13/h13-14,17H,4-12H2,1-3H3. The Balaban J connectivity index is 2.16. The van der Waals surface area contributed by atoms with Gasteiger partial charge in [0, 0.05) is 0 Å². The molecule has 0 saturated heterocycles. The average molecular weight is 238 g/mol. The van der Waals surface area contributed by atoms with E-state index >= 15 is 0 Å². The molecule has 2 fully saturated rings. The zero-order valence-corrected chi connectivity index (χ0v) is 12.0. The summed E-state index contributed by atoms with van der Waals surface area (Å²) in [6.07, 6.45) is 11.8. The van der Waals surface area contributed by atoms with Gasteiger partial charge in [0.15, 0.2) is 0 Å². The fraction of sp³-hybridized carbons (Fsp3) is 1.00. The molecule has 0 aromatic carbocycles. The SMILES string of the molecule is CC(C)(C)C1(O)CCCCC1C1CCCCC1. The van der Waals surface area contributed by atoms with Gasteiger partial charge in [0.25, 0.3) is 0 Å². The van der Waals surface area contributed by atoms with Gasteiger partial charge in [-0.3, -0.25) is 0 Å². The Hall–Kier alpha value is -0.0400. The monoisotopic (exact) mass is 238 g/mol. The van der Waals surface area contributed by atoms with E-state index in [1.165, 1.54) is 51.4 Å². The molecule has 0 aromatic rings. The van der Waals surface area contributed by atoms with Crippen molar-refractivity contribution in [3.05, 3.63) is 0 Å². The fourth-order valence-electron chi connectivity index (χ4n) is 4.28. The summed E-state index contributed by atoms with van der Waals surface area (Å²) in [5.74, 6) is 1.37. The molecule has 0 bridgehead atoms. The maximum absolute atomic E-state index is 11.2. The second-order valence-electron chi connectivity index (χ2n) is 7.42. The van der Waals surface area contributed by atoms with Gasteiger partial charge in [-0.15, -0.1) is 0 Å². The highest BCUT2D eigenvalue weighted by molar-refractivity contribution is 5.00. The third-order valence-corrected chi connectivity index (χ3v) is 5.45. The summed E-state index contributed by atoms with van der Waals surface area (Å²) in [6.45, 7) is 6.69. The van der Waals surface area contributed by atoms with Crippen LogP contribution in [0, 0.1) is 17.3 Å². The normalized spacial score (nSPS) is 37.1. The van der Waals surface area contributed by atoms with E-state index < -0.39 is 5.60 Å². The van der Waals surface area contributed by atoms with Gasteiger partial charge < -0.3 is 5.11 Å². The third-order valence-electron chi connectivity index (χ3n) is 5.45. The molecule has 0 spiro atoms. The summed E-state index contributed by atoms with van der Waals surface area (Å²) < 4.78 is 0. The molecule has 2 aliphatic rings. The first-order chi connectivity index (χ1) is 7.95. The molecule has 100 valence electrons. The van der Waals surface area contributed by atoms with Crippen LogP contribution in [0.4, 0.5) is 0 Å². The molecule has 0 heterocycles. The quantitative estimate of drug-likeness (QED) is 0.711. The van der Waals surface area contributed by atoms with E-state index in [4.69, 9.17) is 0 Å². The lowest BCUT2D eigenvalue weighted by Crippen LogP contribution is -2.53. The van der Waals surface area contributed by atoms with Crippen LogP contribution in [0.1, 0.15) is 78.6 Å². The van der Waals surface area contributed by atoms with Crippen molar-refractivity contribution in [1.29, 1.82) is 0 Å². The van der Waals surface area contributed by atoms with Crippen molar-refractivity contribution >= 4 is 0 Å². The Labute approximate surface area is 107 Å². The van der Waals surface area contributed by atoms with Crippen LogP contribution in [0.15, 0.2) is 0 Å². The number of hydrogen-bond acceptors (Lipinski definition) is 1. The zero-order valence-electron chi connectivity index (χ0n) is 12.0. The highest BCUT2D eigenvalue weighted by atomic mass is 16.3. The molecule has 0 aliphatic heterocycles. The molecule has 2 rings (SSSR count). The molecule has 0 aromatic heterocycles. The molecule has 2 aliphatic carbocycles. The topological polar surface area (TPSA) is 20.2 Å². The Morgan fingerprint density at radius 1 is 0.882 bits per heavy atom. The Bertz CT molecular complexity index is 247. The van der Waals surface area contributed by atoms with Crippen molar-refractivity contribution in [3.8, 4) is 0 Å². The van der Waals surface area contributed by atoms with Crippen molar-refractivity contribution in [1.82, 2.24) is 0 Å². The molecule has 17 heavy (non-hydrogen) atoms. The van der Waals surface area contributed by atoms with Crippen LogP contribution in [-0.4, -0.2) is 10.7 Å². The van der Waals surface area contributed by atoms with E-state index in [9.17, 15) is 5.11 Å². The van der Waals surface area contributed by atoms with E-state index in [1.54, 1.807) is 0 Å². The largest absolute Gasteiger partial charge is 0.389 e. The Morgan fingerprint density at radius 3 is 2.06 bits per heavy atom. The van der Waals surface area contributed by atoms with Crippen molar-refractivity contribution in [2.24, 2.45) is 17.3 Å². The Kier molecular flexibility index (Phi) is 3.87. The molecule has 0 amide bonds. The van der Waals surface area contributed by atoms with Gasteiger partial charge in [0.05, 0.1) is 5.60 Å². The first-order valence-corrected chi connectivity index (χ1v) is 7.67. The van der Waals surface area contributed by atoms with Crippen molar-refractivity contribution in [2.75, 3.05) is 0 Å². The van der Waals surface area contributed by atoms with E-state index in [0.717, 1.165) is 12.3 Å². The molecule has 0 radical (unpaired) electrons. The summed E-state index contributed by atoms with van der Waals surface area (Å²) in [5, 5.41) is 11.2. The highest BCUT2D eigenvalue weighted by Gasteiger charge is 2.50. The number of aliphatic hydroxyl groups is 1. The van der Waals surface area contributed by atoms with Crippen LogP contribution in [0.25, 0.3) is 0 Å². The second kappa shape index (κ2) is 4.91. The highest BCUT2D eigenvalue weighted by Crippen LogP contribution is 2.51. The lowest BCUT2D eigenvalue weighted by molar-refractivity contribution is -0.147. The minimum Gasteiger partial charge on any atom is -0.389 e. The first-order valence-electron chi connectivity index (χ1n) is 7.67. The van der Waals surface area contributed by atoms with Crippen LogP contribution in [0.5, 0.6) is 0 Å². The smallest absolute Gasteiger partial charge is 0.0726 e. The molecule has 2 unspecified atom stereocenters. The van der Waals surface area contributed by atoms with Crippen LogP contribution < -0.4 is 0 Å². The maximum atomic E-state index is 11.2. The summed E-state index contributed by atoms with van der Waals surface area (Å²) in [5.41, 5.74) is -0.372. The Morgan fingerprint density at radius 2 is 1.47 bits per heavy atom. The maximum Gasteiger partial charge on any atom is 0.0726 e. The van der Waals surface area contributed by atoms with Gasteiger partial charge in [0.2, 0.25) is 0 Å². The molecule has 1 N–H and O–H groups in total. The first kappa shape index (κ1) is 13.4. The molecular weight excluding hydrogens is 208 g/mol. The summed E-state index contributed by atoms with van der Waals surface area (Å²) in [7, 11) is 0. The van der Waals surface area contributed by atoms with E-state index in [1.807, 2.05) is 0 Å². The van der Waals surface area contributed by atoms with Crippen molar-refractivity contribution in [2.45, 2.75) is 84.2 Å². The summed E-state index contributed by atoms with van der Waals surface area (Å²) >= 11 is 0. The zero-order chi connectivity index (χ0) is 12.5. The fourth-order valence-corrected chi connectivity index (χ4v) is 4.28. The lowest BCUT2D eigenvalue weighted by Gasteiger charge is -2.52. The third kappa shape index (κ3) is 2.54. The van der Waals surface area contributed by atoms with E-state index in [2.05, 4.69) is 20.8 Å². The van der Waals surface area contributed by atoms with Gasteiger partial charge in [-0.1, -0.05) is 65.7 Å². The van der Waals surface area contributed by atoms with Crippen LogP contribution >= 0.6 is 0 Å². The van der Waals surface area contributed by atoms with Crippen molar-refractivity contribution < 1.29 is 5.11 Å². The number of hydrogen-bond donors (Lipinski definition) is 1. The van der Waals surface area contributed by atoms with Crippen LogP contribution in [0.3, 0.4) is 0 Å². The van der Waals surface area contributed by atoms with Crippen LogP contribution in [-0.2, 0) is 0 Å². The minimum absolute atomic E-state index is 0.0372. The predicted molar refractivity (Wildman–Crippen MR) is 72.9 cm³/mol. The van der Waals surface area contributed by atoms with E-state index in [0.29, 0.717) is 5.92 Å². The van der Waals surface area contributed by atoms with Gasteiger partial charge in [-0.2, -0.15) is 0 Å². The molecule has 1 nitrogen and oxygen atoms in total. The van der Waals surface area contributed by atoms with Crippen molar-refractivity contribution in [3.63, 3.8) is 0 Å². The van der Waals surface area contributed by atoms with E-state index in [-0.39, 0.29) is 5.41 Å². The van der Waals surface area contributed by atoms with Crippen LogP contribution in [0.2, 0.25) is 0 Å². The van der Waals surface area contributed by atoms with Gasteiger partial charge in [-0.05, 0) is 30.1 Å². The van der Waals surface area contributed by atoms with Gasteiger partial charge >= 0.3 is 0 Å².